The van der Waals surface area contributed by atoms with Crippen LogP contribution in [-0.2, 0) is 0 Å². The molecule has 1 saturated heterocycles. The third kappa shape index (κ3) is 2.31. The third-order valence-electron chi connectivity index (χ3n) is 3.84. The van der Waals surface area contributed by atoms with Crippen molar-refractivity contribution in [1.82, 2.24) is 14.5 Å². The molecule has 3 heteroatoms. The van der Waals surface area contributed by atoms with Gasteiger partial charge in [0.1, 0.15) is 0 Å². The largest absolute Gasteiger partial charge is 0.351 e. The summed E-state index contributed by atoms with van der Waals surface area (Å²) in [5.41, 5.74) is 2.54. The Labute approximate surface area is 108 Å². The fraction of sp³-hybridized carbons (Fsp3) is 0.400. The number of hydrogen-bond donors (Lipinski definition) is 0. The summed E-state index contributed by atoms with van der Waals surface area (Å²) in [5.74, 6) is 0. The van der Waals surface area contributed by atoms with E-state index in [1.54, 1.807) is 0 Å². The molecule has 94 valence electrons. The summed E-state index contributed by atoms with van der Waals surface area (Å²) < 4.78 is 2.38. The van der Waals surface area contributed by atoms with E-state index in [2.05, 4.69) is 52.1 Å². The van der Waals surface area contributed by atoms with E-state index in [-0.39, 0.29) is 0 Å². The number of likely N-dealkylation sites (tertiary alicyclic amines) is 1. The van der Waals surface area contributed by atoms with Crippen LogP contribution in [-0.4, -0.2) is 34.6 Å². The summed E-state index contributed by atoms with van der Waals surface area (Å²) >= 11 is 0. The van der Waals surface area contributed by atoms with Crippen LogP contribution in [0.2, 0.25) is 0 Å². The van der Waals surface area contributed by atoms with Gasteiger partial charge in [-0.15, -0.1) is 0 Å². The minimum Gasteiger partial charge on any atom is -0.351 e. The molecule has 1 fully saturated rings. The molecule has 3 heterocycles. The van der Waals surface area contributed by atoms with E-state index in [0.29, 0.717) is 6.04 Å². The molecule has 0 amide bonds. The summed E-state index contributed by atoms with van der Waals surface area (Å²) in [6.07, 6.45) is 10.7. The van der Waals surface area contributed by atoms with Crippen molar-refractivity contribution in [1.29, 1.82) is 0 Å². The normalized spacial score (nSPS) is 18.1. The highest BCUT2D eigenvalue weighted by molar-refractivity contribution is 5.61. The van der Waals surface area contributed by atoms with E-state index < -0.39 is 0 Å². The van der Waals surface area contributed by atoms with Crippen molar-refractivity contribution in [3.8, 4) is 11.1 Å². The Morgan fingerprint density at radius 3 is 2.50 bits per heavy atom. The van der Waals surface area contributed by atoms with Gasteiger partial charge in [0.2, 0.25) is 0 Å². The lowest BCUT2D eigenvalue weighted by Crippen LogP contribution is -2.31. The Kier molecular flexibility index (Phi) is 3.15. The first-order valence-electron chi connectivity index (χ1n) is 6.59. The summed E-state index contributed by atoms with van der Waals surface area (Å²) in [5, 5.41) is 0. The van der Waals surface area contributed by atoms with Gasteiger partial charge < -0.3 is 9.47 Å². The maximum Gasteiger partial charge on any atom is 0.0355 e. The molecule has 0 bridgehead atoms. The van der Waals surface area contributed by atoms with Crippen molar-refractivity contribution in [2.75, 3.05) is 20.1 Å². The minimum atomic E-state index is 0.664. The number of nitrogens with zero attached hydrogens (tertiary/aromatic N) is 3. The van der Waals surface area contributed by atoms with Gasteiger partial charge in [0, 0.05) is 30.8 Å². The first-order valence-corrected chi connectivity index (χ1v) is 6.59. The number of pyridine rings is 1. The summed E-state index contributed by atoms with van der Waals surface area (Å²) in [7, 11) is 2.20. The van der Waals surface area contributed by atoms with E-state index in [4.69, 9.17) is 0 Å². The molecule has 0 aromatic carbocycles. The average Bonchev–Trinajstić information content (AvgIpc) is 2.90. The van der Waals surface area contributed by atoms with Crippen LogP contribution in [0.25, 0.3) is 11.1 Å². The summed E-state index contributed by atoms with van der Waals surface area (Å²) in [6.45, 7) is 2.40. The van der Waals surface area contributed by atoms with E-state index in [1.807, 2.05) is 12.4 Å². The first kappa shape index (κ1) is 11.5. The lowest BCUT2D eigenvalue weighted by Gasteiger charge is -2.29. The Hall–Kier alpha value is -1.61. The zero-order chi connectivity index (χ0) is 12.4. The van der Waals surface area contributed by atoms with Crippen molar-refractivity contribution >= 4 is 0 Å². The first-order chi connectivity index (χ1) is 8.83. The number of hydrogen-bond acceptors (Lipinski definition) is 2. The highest BCUT2D eigenvalue weighted by Gasteiger charge is 2.17. The molecule has 0 radical (unpaired) electrons. The second kappa shape index (κ2) is 4.94. The van der Waals surface area contributed by atoms with Gasteiger partial charge in [-0.2, -0.15) is 0 Å². The van der Waals surface area contributed by atoms with Gasteiger partial charge in [0.05, 0.1) is 0 Å². The Bertz CT molecular complexity index is 495. The molecule has 0 N–H and O–H groups in total. The molecular weight excluding hydrogens is 222 g/mol. The molecule has 3 nitrogen and oxygen atoms in total. The minimum absolute atomic E-state index is 0.664. The van der Waals surface area contributed by atoms with Crippen LogP contribution >= 0.6 is 0 Å². The van der Waals surface area contributed by atoms with E-state index in [9.17, 15) is 0 Å². The monoisotopic (exact) mass is 241 g/mol. The quantitative estimate of drug-likeness (QED) is 0.806. The lowest BCUT2D eigenvalue weighted by atomic mass is 10.1. The molecule has 0 saturated carbocycles. The van der Waals surface area contributed by atoms with E-state index in [0.717, 1.165) is 0 Å². The highest BCUT2D eigenvalue weighted by atomic mass is 15.1. The van der Waals surface area contributed by atoms with Crippen molar-refractivity contribution in [3.63, 3.8) is 0 Å². The summed E-state index contributed by atoms with van der Waals surface area (Å²) in [6, 6.07) is 6.99. The third-order valence-corrected chi connectivity index (χ3v) is 3.84. The fourth-order valence-corrected chi connectivity index (χ4v) is 2.65. The number of aromatic nitrogens is 2. The van der Waals surface area contributed by atoms with Crippen LogP contribution in [0.5, 0.6) is 0 Å². The van der Waals surface area contributed by atoms with Gasteiger partial charge in [0.15, 0.2) is 0 Å². The van der Waals surface area contributed by atoms with Gasteiger partial charge in [-0.1, -0.05) is 0 Å². The molecule has 1 aliphatic rings. The second-order valence-corrected chi connectivity index (χ2v) is 5.12. The van der Waals surface area contributed by atoms with Gasteiger partial charge in [-0.05, 0) is 62.3 Å². The zero-order valence-corrected chi connectivity index (χ0v) is 10.8. The van der Waals surface area contributed by atoms with Crippen LogP contribution < -0.4 is 0 Å². The van der Waals surface area contributed by atoms with Crippen LogP contribution in [0.3, 0.4) is 0 Å². The second-order valence-electron chi connectivity index (χ2n) is 5.12. The predicted molar refractivity (Wildman–Crippen MR) is 73.4 cm³/mol. The van der Waals surface area contributed by atoms with Crippen molar-refractivity contribution < 1.29 is 0 Å². The molecule has 18 heavy (non-hydrogen) atoms. The van der Waals surface area contributed by atoms with Crippen molar-refractivity contribution in [2.45, 2.75) is 18.9 Å². The summed E-state index contributed by atoms with van der Waals surface area (Å²) in [4.78, 5) is 6.47. The van der Waals surface area contributed by atoms with Gasteiger partial charge in [-0.3, -0.25) is 4.98 Å². The molecule has 0 spiro atoms. The smallest absolute Gasteiger partial charge is 0.0355 e. The van der Waals surface area contributed by atoms with Crippen LogP contribution in [0, 0.1) is 0 Å². The maximum absolute atomic E-state index is 4.06. The van der Waals surface area contributed by atoms with Crippen LogP contribution in [0.1, 0.15) is 18.9 Å². The van der Waals surface area contributed by atoms with Gasteiger partial charge in [0.25, 0.3) is 0 Å². The van der Waals surface area contributed by atoms with Crippen molar-refractivity contribution in [3.05, 3.63) is 43.0 Å². The molecule has 0 aliphatic carbocycles. The van der Waals surface area contributed by atoms with E-state index in [1.165, 1.54) is 37.1 Å². The molecule has 2 aromatic heterocycles. The average molecular weight is 241 g/mol. The number of piperidine rings is 1. The molecule has 2 aromatic rings. The maximum atomic E-state index is 4.06. The number of rotatable bonds is 2. The molecular formula is C15H19N3. The zero-order valence-electron chi connectivity index (χ0n) is 10.8. The lowest BCUT2D eigenvalue weighted by molar-refractivity contribution is 0.221. The predicted octanol–water partition coefficient (Wildman–Crippen LogP) is 2.82. The van der Waals surface area contributed by atoms with Crippen LogP contribution in [0.15, 0.2) is 43.0 Å². The molecule has 0 unspecified atom stereocenters. The SMILES string of the molecule is CN1CCC(n2ccc(-c3ccncc3)c2)CC1. The molecule has 1 aliphatic heterocycles. The standard InChI is InChI=1S/C15H19N3/c1-17-9-5-15(6-10-17)18-11-4-14(12-18)13-2-7-16-8-3-13/h2-4,7-8,11-12,15H,5-6,9-10H2,1H3. The van der Waals surface area contributed by atoms with Crippen LogP contribution in [0.4, 0.5) is 0 Å². The highest BCUT2D eigenvalue weighted by Crippen LogP contribution is 2.26. The molecule has 3 rings (SSSR count). The Morgan fingerprint density at radius 2 is 1.78 bits per heavy atom. The van der Waals surface area contributed by atoms with Gasteiger partial charge in [-0.25, -0.2) is 0 Å². The topological polar surface area (TPSA) is 21.1 Å². The Balaban J connectivity index is 1.78. The fourth-order valence-electron chi connectivity index (χ4n) is 2.65. The Morgan fingerprint density at radius 1 is 1.06 bits per heavy atom. The van der Waals surface area contributed by atoms with E-state index >= 15 is 0 Å². The van der Waals surface area contributed by atoms with Gasteiger partial charge >= 0.3 is 0 Å². The van der Waals surface area contributed by atoms with Crippen molar-refractivity contribution in [2.24, 2.45) is 0 Å². The molecule has 0 atom stereocenters.